The standard InChI is InChI=1S/C13H20N4O4.C13H22N4O2/c1-13(2,3)21-12(18)15-6-4-10(5-7-15)16-9-11(8-14-16)17(19)20;1-13(2,3)19-12(18)16-6-4-11(5-7-16)17-9-10(14)8-15-17/h8-10H,4-7H2,1-3H3;8-9,11H,4-7,14H2,1-3H3. The topological polar surface area (TPSA) is 164 Å². The summed E-state index contributed by atoms with van der Waals surface area (Å²) < 4.78 is 14.2. The maximum Gasteiger partial charge on any atom is 0.410 e. The smallest absolute Gasteiger partial charge is 0.410 e. The molecule has 0 saturated carbocycles. The fourth-order valence-electron chi connectivity index (χ4n) is 4.45. The summed E-state index contributed by atoms with van der Waals surface area (Å²) in [5.41, 5.74) is 5.38. The minimum atomic E-state index is -0.503. The molecule has 0 atom stereocenters. The number of nitro groups is 1. The second-order valence-electron chi connectivity index (χ2n) is 12.1. The monoisotopic (exact) mass is 562 g/mol. The van der Waals surface area contributed by atoms with E-state index in [1.165, 1.54) is 12.4 Å². The van der Waals surface area contributed by atoms with Gasteiger partial charge in [-0.15, -0.1) is 0 Å². The van der Waals surface area contributed by atoms with Crippen LogP contribution in [0.5, 0.6) is 0 Å². The van der Waals surface area contributed by atoms with Crippen molar-refractivity contribution in [1.82, 2.24) is 29.4 Å². The minimum absolute atomic E-state index is 0.00966. The molecule has 2 aromatic heterocycles. The summed E-state index contributed by atoms with van der Waals surface area (Å²) in [7, 11) is 0. The molecular weight excluding hydrogens is 520 g/mol. The van der Waals surface area contributed by atoms with Gasteiger partial charge in [0.25, 0.3) is 0 Å². The van der Waals surface area contributed by atoms with Crippen molar-refractivity contribution in [2.75, 3.05) is 31.9 Å². The molecule has 2 saturated heterocycles. The Morgan fingerprint density at radius 1 is 0.825 bits per heavy atom. The number of likely N-dealkylation sites (tertiary alicyclic amines) is 2. The van der Waals surface area contributed by atoms with Crippen LogP contribution in [0.25, 0.3) is 0 Å². The molecular formula is C26H42N8O6. The molecule has 222 valence electrons. The average Bonchev–Trinajstić information content (AvgIpc) is 3.52. The molecule has 2 aliphatic heterocycles. The van der Waals surface area contributed by atoms with Crippen molar-refractivity contribution in [1.29, 1.82) is 0 Å². The van der Waals surface area contributed by atoms with Gasteiger partial charge in [-0.1, -0.05) is 0 Å². The van der Waals surface area contributed by atoms with Crippen LogP contribution in [0.3, 0.4) is 0 Å². The molecule has 0 bridgehead atoms. The molecule has 0 aromatic carbocycles. The molecule has 4 heterocycles. The maximum absolute atomic E-state index is 11.9. The van der Waals surface area contributed by atoms with E-state index in [-0.39, 0.29) is 23.9 Å². The van der Waals surface area contributed by atoms with E-state index < -0.39 is 16.1 Å². The van der Waals surface area contributed by atoms with Crippen LogP contribution in [-0.2, 0) is 9.47 Å². The fraction of sp³-hybridized carbons (Fsp3) is 0.692. The molecule has 2 aromatic rings. The molecule has 14 nitrogen and oxygen atoms in total. The fourth-order valence-corrected chi connectivity index (χ4v) is 4.45. The normalized spacial score (nSPS) is 17.1. The van der Waals surface area contributed by atoms with Gasteiger partial charge in [0.1, 0.15) is 23.6 Å². The van der Waals surface area contributed by atoms with Gasteiger partial charge in [0, 0.05) is 32.4 Å². The molecule has 2 N–H and O–H groups in total. The lowest BCUT2D eigenvalue weighted by atomic mass is 10.1. The molecule has 2 fully saturated rings. The number of ether oxygens (including phenoxy) is 2. The van der Waals surface area contributed by atoms with E-state index in [1.807, 2.05) is 52.4 Å². The molecule has 2 aliphatic rings. The Kier molecular flexibility index (Phi) is 9.64. The van der Waals surface area contributed by atoms with E-state index in [0.717, 1.165) is 12.8 Å². The van der Waals surface area contributed by atoms with E-state index in [9.17, 15) is 19.7 Å². The van der Waals surface area contributed by atoms with Crippen LogP contribution < -0.4 is 5.73 Å². The predicted octanol–water partition coefficient (Wildman–Crippen LogP) is 4.40. The van der Waals surface area contributed by atoms with Crippen molar-refractivity contribution >= 4 is 23.6 Å². The number of piperidine rings is 2. The average molecular weight is 563 g/mol. The Hall–Kier alpha value is -3.84. The van der Waals surface area contributed by atoms with Crippen LogP contribution in [0.15, 0.2) is 24.8 Å². The van der Waals surface area contributed by atoms with Crippen molar-refractivity contribution in [3.05, 3.63) is 34.9 Å². The van der Waals surface area contributed by atoms with Gasteiger partial charge in [-0.3, -0.25) is 19.5 Å². The number of hydrogen-bond donors (Lipinski definition) is 1. The third kappa shape index (κ3) is 9.12. The van der Waals surface area contributed by atoms with Crippen molar-refractivity contribution < 1.29 is 24.0 Å². The van der Waals surface area contributed by atoms with Gasteiger partial charge in [0.2, 0.25) is 0 Å². The molecule has 0 radical (unpaired) electrons. The molecule has 0 spiro atoms. The van der Waals surface area contributed by atoms with Crippen molar-refractivity contribution in [2.24, 2.45) is 0 Å². The summed E-state index contributed by atoms with van der Waals surface area (Å²) in [4.78, 5) is 37.5. The first-order valence-corrected chi connectivity index (χ1v) is 13.6. The zero-order valence-electron chi connectivity index (χ0n) is 24.3. The molecule has 0 aliphatic carbocycles. The van der Waals surface area contributed by atoms with Crippen molar-refractivity contribution in [3.8, 4) is 0 Å². The number of nitrogens with two attached hydrogens (primary N) is 1. The number of carbonyl (C=O) groups is 2. The van der Waals surface area contributed by atoms with Gasteiger partial charge in [-0.2, -0.15) is 10.2 Å². The predicted molar refractivity (Wildman–Crippen MR) is 148 cm³/mol. The third-order valence-electron chi connectivity index (χ3n) is 6.40. The zero-order chi connectivity index (χ0) is 29.7. The summed E-state index contributed by atoms with van der Waals surface area (Å²) >= 11 is 0. The Balaban J connectivity index is 0.000000222. The number of hydrogen-bond acceptors (Lipinski definition) is 9. The van der Waals surface area contributed by atoms with Crippen LogP contribution in [0.4, 0.5) is 21.0 Å². The highest BCUT2D eigenvalue weighted by molar-refractivity contribution is 5.68. The van der Waals surface area contributed by atoms with E-state index in [2.05, 4.69) is 10.2 Å². The molecule has 2 amide bonds. The number of amides is 2. The van der Waals surface area contributed by atoms with E-state index in [1.54, 1.807) is 20.7 Å². The molecule has 0 unspecified atom stereocenters. The van der Waals surface area contributed by atoms with Crippen molar-refractivity contribution in [2.45, 2.75) is 90.5 Å². The van der Waals surface area contributed by atoms with Crippen LogP contribution in [0.1, 0.15) is 79.3 Å². The van der Waals surface area contributed by atoms with Crippen LogP contribution in [0.2, 0.25) is 0 Å². The summed E-state index contributed by atoms with van der Waals surface area (Å²) in [6.07, 6.45) is 8.80. The first kappa shape index (κ1) is 30.7. The number of rotatable bonds is 3. The summed E-state index contributed by atoms with van der Waals surface area (Å²) in [5.74, 6) is 0. The second kappa shape index (κ2) is 12.6. The summed E-state index contributed by atoms with van der Waals surface area (Å²) in [6, 6.07) is 0.397. The van der Waals surface area contributed by atoms with Gasteiger partial charge in [-0.25, -0.2) is 9.59 Å². The van der Waals surface area contributed by atoms with E-state index in [4.69, 9.17) is 15.2 Å². The van der Waals surface area contributed by atoms with Crippen LogP contribution in [0, 0.1) is 10.1 Å². The van der Waals surface area contributed by atoms with Crippen molar-refractivity contribution in [3.63, 3.8) is 0 Å². The highest BCUT2D eigenvalue weighted by atomic mass is 16.6. The highest BCUT2D eigenvalue weighted by Gasteiger charge is 2.29. The maximum atomic E-state index is 11.9. The first-order chi connectivity index (χ1) is 18.6. The van der Waals surface area contributed by atoms with Gasteiger partial charge in [0.15, 0.2) is 0 Å². The Morgan fingerprint density at radius 2 is 1.23 bits per heavy atom. The number of carbonyl (C=O) groups excluding carboxylic acids is 2. The van der Waals surface area contributed by atoms with Crippen LogP contribution in [-0.4, -0.2) is 83.9 Å². The number of nitrogens with zero attached hydrogens (tertiary/aromatic N) is 7. The lowest BCUT2D eigenvalue weighted by Crippen LogP contribution is -2.42. The van der Waals surface area contributed by atoms with E-state index >= 15 is 0 Å². The largest absolute Gasteiger partial charge is 0.444 e. The summed E-state index contributed by atoms with van der Waals surface area (Å²) in [6.45, 7) is 13.7. The third-order valence-corrected chi connectivity index (χ3v) is 6.40. The highest BCUT2D eigenvalue weighted by Crippen LogP contribution is 2.25. The van der Waals surface area contributed by atoms with Gasteiger partial charge in [-0.05, 0) is 67.2 Å². The quantitative estimate of drug-likeness (QED) is 0.422. The lowest BCUT2D eigenvalue weighted by molar-refractivity contribution is -0.385. The summed E-state index contributed by atoms with van der Waals surface area (Å²) in [5, 5.41) is 18.9. The van der Waals surface area contributed by atoms with E-state index in [0.29, 0.717) is 50.7 Å². The SMILES string of the molecule is CC(C)(C)OC(=O)N1CCC(n2cc(N)cn2)CC1.CC(C)(C)OC(=O)N1CCC(n2cc([N+](=O)[O-])cn2)CC1. The Labute approximate surface area is 234 Å². The molecule has 4 rings (SSSR count). The van der Waals surface area contributed by atoms with Gasteiger partial charge >= 0.3 is 17.9 Å². The lowest BCUT2D eigenvalue weighted by Gasteiger charge is -2.33. The minimum Gasteiger partial charge on any atom is -0.444 e. The van der Waals surface area contributed by atoms with Crippen LogP contribution >= 0.6 is 0 Å². The van der Waals surface area contributed by atoms with Gasteiger partial charge < -0.3 is 25.0 Å². The number of nitrogen functional groups attached to an aromatic ring is 1. The zero-order valence-corrected chi connectivity index (χ0v) is 24.3. The van der Waals surface area contributed by atoms with Gasteiger partial charge in [0.05, 0.1) is 28.9 Å². The Bertz CT molecular complexity index is 1150. The molecule has 14 heteroatoms. The number of aromatic nitrogens is 4. The number of anilines is 1. The second-order valence-corrected chi connectivity index (χ2v) is 12.1. The Morgan fingerprint density at radius 3 is 1.55 bits per heavy atom. The first-order valence-electron chi connectivity index (χ1n) is 13.6. The molecule has 40 heavy (non-hydrogen) atoms.